The Morgan fingerprint density at radius 3 is 2.73 bits per heavy atom. The van der Waals surface area contributed by atoms with Crippen molar-refractivity contribution < 1.29 is 33.3 Å². The molecule has 5 aliphatic rings. The largest absolute Gasteiger partial charge is 0.454 e. The number of benzene rings is 1. The van der Waals surface area contributed by atoms with Crippen molar-refractivity contribution in [3.63, 3.8) is 0 Å². The quantitative estimate of drug-likeness (QED) is 0.733. The summed E-state index contributed by atoms with van der Waals surface area (Å²) in [6, 6.07) is 3.51. The third-order valence-corrected chi connectivity index (χ3v) is 5.78. The van der Waals surface area contributed by atoms with Gasteiger partial charge in [-0.2, -0.15) is 0 Å². The maximum absolute atomic E-state index is 13.0. The lowest BCUT2D eigenvalue weighted by molar-refractivity contribution is -0.180. The summed E-state index contributed by atoms with van der Waals surface area (Å²) in [7, 11) is 1.43. The summed E-state index contributed by atoms with van der Waals surface area (Å²) in [5.41, 5.74) is 0.0442. The maximum Gasteiger partial charge on any atom is 0.333 e. The van der Waals surface area contributed by atoms with Gasteiger partial charge in [0, 0.05) is 19.1 Å². The summed E-state index contributed by atoms with van der Waals surface area (Å²) in [6.07, 6.45) is -0.147. The Hall–Kier alpha value is -2.61. The van der Waals surface area contributed by atoms with E-state index in [9.17, 15) is 14.4 Å². The summed E-state index contributed by atoms with van der Waals surface area (Å²) >= 11 is 0. The van der Waals surface area contributed by atoms with Crippen LogP contribution < -0.4 is 9.47 Å². The zero-order valence-corrected chi connectivity index (χ0v) is 14.1. The summed E-state index contributed by atoms with van der Waals surface area (Å²) < 4.78 is 21.7. The predicted molar refractivity (Wildman–Crippen MR) is 84.7 cm³/mol. The van der Waals surface area contributed by atoms with Gasteiger partial charge in [0.15, 0.2) is 22.8 Å². The van der Waals surface area contributed by atoms with E-state index in [1.807, 2.05) is 0 Å². The van der Waals surface area contributed by atoms with Crippen LogP contribution >= 0.6 is 0 Å². The summed E-state index contributed by atoms with van der Waals surface area (Å²) in [6.45, 7) is 0.198. The van der Waals surface area contributed by atoms with E-state index in [4.69, 9.17) is 18.9 Å². The fourth-order valence-corrected chi connectivity index (χ4v) is 4.71. The first-order chi connectivity index (χ1) is 12.6. The van der Waals surface area contributed by atoms with Crippen molar-refractivity contribution >= 4 is 17.7 Å². The van der Waals surface area contributed by atoms with E-state index in [0.717, 1.165) is 0 Å². The van der Waals surface area contributed by atoms with E-state index in [1.165, 1.54) is 12.0 Å². The molecule has 5 heterocycles. The number of esters is 1. The van der Waals surface area contributed by atoms with Gasteiger partial charge >= 0.3 is 5.97 Å². The van der Waals surface area contributed by atoms with Crippen molar-refractivity contribution in [1.82, 2.24) is 4.90 Å². The molecule has 1 aromatic carbocycles. The number of amides is 1. The molecule has 136 valence electrons. The Morgan fingerprint density at radius 1 is 1.27 bits per heavy atom. The molecule has 1 unspecified atom stereocenters. The molecular weight excluding hydrogens is 342 g/mol. The normalized spacial score (nSPS) is 30.7. The highest BCUT2D eigenvalue weighted by Gasteiger charge is 2.65. The molecule has 0 aliphatic carbocycles. The minimum absolute atomic E-state index is 0.106. The lowest BCUT2D eigenvalue weighted by Crippen LogP contribution is -2.61. The summed E-state index contributed by atoms with van der Waals surface area (Å²) in [5, 5.41) is 0. The van der Waals surface area contributed by atoms with Gasteiger partial charge in [0.25, 0.3) is 0 Å². The molecule has 0 N–H and O–H groups in total. The molecule has 3 atom stereocenters. The van der Waals surface area contributed by atoms with E-state index < -0.39 is 23.5 Å². The van der Waals surface area contributed by atoms with Gasteiger partial charge in [0.1, 0.15) is 12.7 Å². The van der Waals surface area contributed by atoms with Gasteiger partial charge in [-0.25, -0.2) is 4.79 Å². The molecule has 1 amide bonds. The van der Waals surface area contributed by atoms with Crippen LogP contribution in [-0.4, -0.2) is 55.2 Å². The molecule has 6 rings (SSSR count). The number of fused-ring (bicyclic) bond motifs is 2. The van der Waals surface area contributed by atoms with Gasteiger partial charge in [0.05, 0.1) is 12.5 Å². The number of morpholine rings is 1. The average Bonchev–Trinajstić information content (AvgIpc) is 3.15. The third-order valence-electron chi connectivity index (χ3n) is 5.78. The highest BCUT2D eigenvalue weighted by Crippen LogP contribution is 2.54. The van der Waals surface area contributed by atoms with E-state index >= 15 is 0 Å². The van der Waals surface area contributed by atoms with Crippen LogP contribution in [0.4, 0.5) is 0 Å². The first kappa shape index (κ1) is 15.6. The number of hydrogen-bond acceptors (Lipinski definition) is 7. The van der Waals surface area contributed by atoms with Gasteiger partial charge in [-0.3, -0.25) is 9.59 Å². The summed E-state index contributed by atoms with van der Waals surface area (Å²) in [5.74, 6) is -0.681. The summed E-state index contributed by atoms with van der Waals surface area (Å²) in [4.78, 5) is 40.1. The number of carbonyl (C=O) groups is 3. The van der Waals surface area contributed by atoms with Crippen LogP contribution in [-0.2, 0) is 23.9 Å². The van der Waals surface area contributed by atoms with Crippen molar-refractivity contribution in [1.29, 1.82) is 0 Å². The van der Waals surface area contributed by atoms with Gasteiger partial charge in [-0.1, -0.05) is 0 Å². The maximum atomic E-state index is 13.0. The van der Waals surface area contributed by atoms with Crippen molar-refractivity contribution in [3.8, 4) is 11.5 Å². The molecule has 2 bridgehead atoms. The molecule has 2 saturated heterocycles. The zero-order valence-electron chi connectivity index (χ0n) is 14.1. The zero-order chi connectivity index (χ0) is 18.1. The Bertz CT molecular complexity index is 850. The van der Waals surface area contributed by atoms with Crippen LogP contribution in [0.1, 0.15) is 36.0 Å². The monoisotopic (exact) mass is 359 g/mol. The molecule has 26 heavy (non-hydrogen) atoms. The van der Waals surface area contributed by atoms with Crippen LogP contribution in [0.2, 0.25) is 0 Å². The second-order valence-corrected chi connectivity index (χ2v) is 6.99. The van der Waals surface area contributed by atoms with E-state index in [2.05, 4.69) is 0 Å². The number of methoxy groups -OCH3 is 1. The average molecular weight is 359 g/mol. The van der Waals surface area contributed by atoms with Crippen LogP contribution in [0.15, 0.2) is 12.1 Å². The second-order valence-electron chi connectivity index (χ2n) is 6.99. The molecular formula is C18H17NO7. The van der Waals surface area contributed by atoms with Crippen molar-refractivity contribution in [2.75, 3.05) is 27.1 Å². The molecule has 8 heteroatoms. The molecule has 1 aromatic rings. The van der Waals surface area contributed by atoms with Crippen LogP contribution in [0.3, 0.4) is 0 Å². The van der Waals surface area contributed by atoms with Gasteiger partial charge in [-0.15, -0.1) is 0 Å². The highest BCUT2D eigenvalue weighted by atomic mass is 16.7. The Balaban J connectivity index is 1.77. The number of hydrogen-bond donors (Lipinski definition) is 0. The Morgan fingerprint density at radius 2 is 2.00 bits per heavy atom. The Kier molecular flexibility index (Phi) is 3.13. The van der Waals surface area contributed by atoms with E-state index in [0.29, 0.717) is 22.6 Å². The van der Waals surface area contributed by atoms with E-state index in [-0.39, 0.29) is 44.5 Å². The lowest BCUT2D eigenvalue weighted by Gasteiger charge is -2.43. The van der Waals surface area contributed by atoms with Crippen molar-refractivity contribution in [3.05, 3.63) is 23.3 Å². The first-order valence-corrected chi connectivity index (χ1v) is 8.53. The smallest absolute Gasteiger partial charge is 0.333 e. The number of Topliss-reactive ketones (excluding diaryl/α,β-unsaturated/α-hetero) is 1. The molecule has 5 aliphatic heterocycles. The highest BCUT2D eigenvalue weighted by molar-refractivity contribution is 6.02. The molecule has 0 saturated carbocycles. The molecule has 0 aromatic heterocycles. The fourth-order valence-electron chi connectivity index (χ4n) is 4.71. The van der Waals surface area contributed by atoms with E-state index in [1.54, 1.807) is 12.1 Å². The fraction of sp³-hybridized carbons (Fsp3) is 0.500. The van der Waals surface area contributed by atoms with Gasteiger partial charge in [0.2, 0.25) is 12.7 Å². The standard InChI is InChI=1S/C18H17NO7/c1-23-7-11(20)16-10-5-13-12(24-8-25-13)4-9(10)14-6-19-15(21)2-3-18(16,19)17(22)26-14/h4-5,14,16H,2-3,6-8H2,1H3/t14-,16+,18?/m0/s1. The Labute approximate surface area is 148 Å². The first-order valence-electron chi connectivity index (χ1n) is 8.53. The number of ketones is 1. The topological polar surface area (TPSA) is 91.4 Å². The van der Waals surface area contributed by atoms with Crippen LogP contribution in [0.5, 0.6) is 11.5 Å². The molecule has 8 nitrogen and oxygen atoms in total. The van der Waals surface area contributed by atoms with Crippen molar-refractivity contribution in [2.45, 2.75) is 30.4 Å². The number of nitrogens with zero attached hydrogens (tertiary/aromatic N) is 1. The number of carbonyl (C=O) groups excluding carboxylic acids is 3. The number of ether oxygens (including phenoxy) is 4. The van der Waals surface area contributed by atoms with Crippen LogP contribution in [0, 0.1) is 0 Å². The second kappa shape index (κ2) is 5.20. The lowest BCUT2D eigenvalue weighted by atomic mass is 9.74. The predicted octanol–water partition coefficient (Wildman–Crippen LogP) is 0.687. The van der Waals surface area contributed by atoms with Gasteiger partial charge < -0.3 is 23.8 Å². The van der Waals surface area contributed by atoms with Crippen molar-refractivity contribution in [2.24, 2.45) is 0 Å². The molecule has 2 fully saturated rings. The minimum Gasteiger partial charge on any atom is -0.454 e. The minimum atomic E-state index is -1.30. The van der Waals surface area contributed by atoms with Gasteiger partial charge in [-0.05, 0) is 24.1 Å². The SMILES string of the molecule is COCC(=O)[C@H]1c2cc3c(cc2[C@@H]2CN4C(=O)CCC14C(=O)O2)OCO3. The number of rotatable bonds is 3. The molecule has 0 radical (unpaired) electrons. The molecule has 1 spiro atoms. The van der Waals surface area contributed by atoms with Crippen LogP contribution in [0.25, 0.3) is 0 Å². The third kappa shape index (κ3) is 1.79.